The standard InChI is InChI=1S/C11H16N2O2/c12-10(8-13-5-6-14)7-9-1-3-11(15)4-2-9/h1-4,6,10,13,15H,5,7-8,12H2. The van der Waals surface area contributed by atoms with Gasteiger partial charge in [-0.3, -0.25) is 0 Å². The van der Waals surface area contributed by atoms with Crippen LogP contribution in [-0.2, 0) is 11.2 Å². The molecule has 0 fully saturated rings. The van der Waals surface area contributed by atoms with Gasteiger partial charge in [-0.25, -0.2) is 0 Å². The van der Waals surface area contributed by atoms with Crippen LogP contribution in [0.4, 0.5) is 0 Å². The van der Waals surface area contributed by atoms with Crippen molar-refractivity contribution in [2.45, 2.75) is 12.5 Å². The van der Waals surface area contributed by atoms with E-state index in [-0.39, 0.29) is 11.8 Å². The Morgan fingerprint density at radius 1 is 1.40 bits per heavy atom. The number of carbonyl (C=O) groups is 1. The van der Waals surface area contributed by atoms with Crippen molar-refractivity contribution in [3.8, 4) is 5.75 Å². The van der Waals surface area contributed by atoms with E-state index in [1.807, 2.05) is 12.1 Å². The van der Waals surface area contributed by atoms with Crippen LogP contribution >= 0.6 is 0 Å². The molecule has 1 unspecified atom stereocenters. The summed E-state index contributed by atoms with van der Waals surface area (Å²) in [4.78, 5) is 10.1. The van der Waals surface area contributed by atoms with Crippen molar-refractivity contribution in [1.82, 2.24) is 5.32 Å². The highest BCUT2D eigenvalue weighted by Gasteiger charge is 2.03. The SMILES string of the molecule is NC(CNCC=O)Cc1ccc(O)cc1. The molecule has 0 aromatic heterocycles. The number of phenolic OH excluding ortho intramolecular Hbond substituents is 1. The maximum Gasteiger partial charge on any atom is 0.133 e. The van der Waals surface area contributed by atoms with Crippen molar-refractivity contribution in [2.75, 3.05) is 13.1 Å². The van der Waals surface area contributed by atoms with Crippen LogP contribution in [0.2, 0.25) is 0 Å². The van der Waals surface area contributed by atoms with Crippen LogP contribution in [0, 0.1) is 0 Å². The number of nitrogens with two attached hydrogens (primary N) is 1. The van der Waals surface area contributed by atoms with Gasteiger partial charge in [0.1, 0.15) is 12.0 Å². The third-order valence-corrected chi connectivity index (χ3v) is 2.07. The molecule has 0 amide bonds. The minimum Gasteiger partial charge on any atom is -0.508 e. The summed E-state index contributed by atoms with van der Waals surface area (Å²) in [6.07, 6.45) is 1.54. The van der Waals surface area contributed by atoms with Gasteiger partial charge in [0.2, 0.25) is 0 Å². The summed E-state index contributed by atoms with van der Waals surface area (Å²) in [5.74, 6) is 0.256. The molecule has 1 atom stereocenters. The lowest BCUT2D eigenvalue weighted by Gasteiger charge is -2.11. The van der Waals surface area contributed by atoms with E-state index in [9.17, 15) is 4.79 Å². The Bertz CT molecular complexity index is 298. The Hall–Kier alpha value is -1.39. The number of benzene rings is 1. The molecule has 4 nitrogen and oxygen atoms in total. The zero-order valence-corrected chi connectivity index (χ0v) is 8.52. The molecular formula is C11H16N2O2. The summed E-state index contributed by atoms with van der Waals surface area (Å²) in [7, 11) is 0. The predicted octanol–water partition coefficient (Wildman–Crippen LogP) is 0.0505. The topological polar surface area (TPSA) is 75.3 Å². The summed E-state index contributed by atoms with van der Waals surface area (Å²) in [6.45, 7) is 0.947. The minimum atomic E-state index is -0.0190. The molecule has 1 aromatic carbocycles. The molecule has 15 heavy (non-hydrogen) atoms. The maximum atomic E-state index is 10.1. The van der Waals surface area contributed by atoms with Crippen LogP contribution in [0.3, 0.4) is 0 Å². The fraction of sp³-hybridized carbons (Fsp3) is 0.364. The Balaban J connectivity index is 2.34. The minimum absolute atomic E-state index is 0.0190. The van der Waals surface area contributed by atoms with Gasteiger partial charge in [0.05, 0.1) is 6.54 Å². The molecule has 4 heteroatoms. The van der Waals surface area contributed by atoms with Crippen LogP contribution < -0.4 is 11.1 Å². The Morgan fingerprint density at radius 2 is 2.07 bits per heavy atom. The molecule has 4 N–H and O–H groups in total. The first kappa shape index (κ1) is 11.7. The van der Waals surface area contributed by atoms with Gasteiger partial charge in [-0.1, -0.05) is 12.1 Å². The van der Waals surface area contributed by atoms with Crippen LogP contribution in [0.1, 0.15) is 5.56 Å². The van der Waals surface area contributed by atoms with E-state index in [1.165, 1.54) is 0 Å². The highest BCUT2D eigenvalue weighted by molar-refractivity contribution is 5.51. The molecule has 82 valence electrons. The van der Waals surface area contributed by atoms with E-state index in [4.69, 9.17) is 10.8 Å². The molecule has 0 saturated heterocycles. The fourth-order valence-electron chi connectivity index (χ4n) is 1.33. The predicted molar refractivity (Wildman–Crippen MR) is 58.7 cm³/mol. The quantitative estimate of drug-likeness (QED) is 0.456. The summed E-state index contributed by atoms with van der Waals surface area (Å²) in [5.41, 5.74) is 6.92. The van der Waals surface area contributed by atoms with Gasteiger partial charge in [-0.05, 0) is 24.1 Å². The summed E-state index contributed by atoms with van der Waals surface area (Å²) >= 11 is 0. The summed E-state index contributed by atoms with van der Waals surface area (Å²) in [6, 6.07) is 6.94. The largest absolute Gasteiger partial charge is 0.508 e. The van der Waals surface area contributed by atoms with Gasteiger partial charge in [0.15, 0.2) is 0 Å². The van der Waals surface area contributed by atoms with Gasteiger partial charge in [0.25, 0.3) is 0 Å². The Kier molecular flexibility index (Phi) is 4.80. The van der Waals surface area contributed by atoms with Gasteiger partial charge >= 0.3 is 0 Å². The van der Waals surface area contributed by atoms with Crippen molar-refractivity contribution in [3.05, 3.63) is 29.8 Å². The smallest absolute Gasteiger partial charge is 0.133 e. The highest BCUT2D eigenvalue weighted by atomic mass is 16.3. The van der Waals surface area contributed by atoms with Gasteiger partial charge in [-0.2, -0.15) is 0 Å². The molecule has 0 bridgehead atoms. The number of carbonyl (C=O) groups excluding carboxylic acids is 1. The van der Waals surface area contributed by atoms with Crippen molar-refractivity contribution in [3.63, 3.8) is 0 Å². The van der Waals surface area contributed by atoms with Gasteiger partial charge in [0, 0.05) is 12.6 Å². The van der Waals surface area contributed by atoms with Crippen molar-refractivity contribution in [1.29, 1.82) is 0 Å². The zero-order valence-electron chi connectivity index (χ0n) is 8.52. The second-order valence-electron chi connectivity index (χ2n) is 3.46. The first-order valence-corrected chi connectivity index (χ1v) is 4.90. The second kappa shape index (κ2) is 6.16. The molecule has 0 heterocycles. The number of aromatic hydroxyl groups is 1. The molecular weight excluding hydrogens is 192 g/mol. The first-order chi connectivity index (χ1) is 7.22. The van der Waals surface area contributed by atoms with Crippen LogP contribution in [0.5, 0.6) is 5.75 Å². The van der Waals surface area contributed by atoms with Crippen LogP contribution in [-0.4, -0.2) is 30.5 Å². The van der Waals surface area contributed by atoms with Crippen LogP contribution in [0.25, 0.3) is 0 Å². The molecule has 1 aromatic rings. The highest BCUT2D eigenvalue weighted by Crippen LogP contribution is 2.10. The summed E-state index contributed by atoms with van der Waals surface area (Å²) in [5, 5.41) is 12.0. The second-order valence-corrected chi connectivity index (χ2v) is 3.46. The molecule has 0 radical (unpaired) electrons. The van der Waals surface area contributed by atoms with E-state index < -0.39 is 0 Å². The summed E-state index contributed by atoms with van der Waals surface area (Å²) < 4.78 is 0. The molecule has 0 saturated carbocycles. The maximum absolute atomic E-state index is 10.1. The average molecular weight is 208 g/mol. The third kappa shape index (κ3) is 4.58. The van der Waals surface area contributed by atoms with Crippen molar-refractivity contribution in [2.24, 2.45) is 5.73 Å². The van der Waals surface area contributed by atoms with E-state index in [0.29, 0.717) is 13.1 Å². The van der Waals surface area contributed by atoms with Crippen molar-refractivity contribution < 1.29 is 9.90 Å². The molecule has 0 aliphatic carbocycles. The lowest BCUT2D eigenvalue weighted by atomic mass is 10.1. The Morgan fingerprint density at radius 3 is 2.67 bits per heavy atom. The number of nitrogens with one attached hydrogen (secondary N) is 1. The van der Waals surface area contributed by atoms with Crippen LogP contribution in [0.15, 0.2) is 24.3 Å². The molecule has 0 spiro atoms. The van der Waals surface area contributed by atoms with Gasteiger partial charge in [-0.15, -0.1) is 0 Å². The Labute approximate surface area is 89.1 Å². The lowest BCUT2D eigenvalue weighted by Crippen LogP contribution is -2.36. The van der Waals surface area contributed by atoms with E-state index in [0.717, 1.165) is 18.3 Å². The van der Waals surface area contributed by atoms with Crippen molar-refractivity contribution >= 4 is 6.29 Å². The first-order valence-electron chi connectivity index (χ1n) is 4.90. The average Bonchev–Trinajstić information content (AvgIpc) is 2.22. The molecule has 0 aliphatic heterocycles. The molecule has 1 rings (SSSR count). The van der Waals surface area contributed by atoms with E-state index in [2.05, 4.69) is 5.32 Å². The number of aldehydes is 1. The number of hydrogen-bond acceptors (Lipinski definition) is 4. The number of rotatable bonds is 6. The fourth-order valence-corrected chi connectivity index (χ4v) is 1.33. The zero-order chi connectivity index (χ0) is 11.1. The normalized spacial score (nSPS) is 12.3. The number of phenols is 1. The third-order valence-electron chi connectivity index (χ3n) is 2.07. The van der Waals surface area contributed by atoms with E-state index >= 15 is 0 Å². The lowest BCUT2D eigenvalue weighted by molar-refractivity contribution is -0.107. The van der Waals surface area contributed by atoms with Gasteiger partial charge < -0.3 is 21.0 Å². The molecule has 0 aliphatic rings. The number of hydrogen-bond donors (Lipinski definition) is 3. The van der Waals surface area contributed by atoms with E-state index in [1.54, 1.807) is 12.1 Å². The monoisotopic (exact) mass is 208 g/mol.